The Morgan fingerprint density at radius 1 is 0.593 bits per heavy atom. The van der Waals surface area contributed by atoms with Gasteiger partial charge in [0.1, 0.15) is 35.3 Å². The summed E-state index contributed by atoms with van der Waals surface area (Å²) in [4.78, 5) is 101. The normalized spacial score (nSPS) is 20.0. The van der Waals surface area contributed by atoms with E-state index in [0.717, 1.165) is 35.1 Å². The molecule has 7 amide bonds. The fourth-order valence-corrected chi connectivity index (χ4v) is 13.3. The minimum absolute atomic E-state index is 0.0828. The maximum absolute atomic E-state index is 15.3. The number of amides is 7. The Hall–Kier alpha value is -6.61. The van der Waals surface area contributed by atoms with Crippen molar-refractivity contribution >= 4 is 64.6 Å². The molecule has 1 saturated heterocycles. The largest absolute Gasteiger partial charge is 0.481 e. The van der Waals surface area contributed by atoms with Crippen LogP contribution in [0.15, 0.2) is 121 Å². The lowest BCUT2D eigenvalue weighted by atomic mass is 9.43. The van der Waals surface area contributed by atoms with Gasteiger partial charge in [0.25, 0.3) is 0 Å². The minimum Gasteiger partial charge on any atom is -0.444 e. The molecular weight excluding hydrogens is 1220 g/mol. The molecule has 9 atom stereocenters. The lowest BCUT2D eigenvalue weighted by Gasteiger charge is -2.64. The lowest BCUT2D eigenvalue weighted by molar-refractivity contribution is -0.199. The number of hydrogen-bond donors (Lipinski definition) is 7. The standard InChI is InChI=1S/C71H99BBrN7O11/c1-11-12-37-53(63(84)79-59(38-28-42-73)72-90-58-46-52-45-57(69(52,8)9)70(58,10)91-72)76-62(83)54(40-41-61(82)80-71(49-31-20-14-21-32-49,50-33-22-15-23-34-50)51-35-24-16-25-36-51)77-65(86)56(47-88-67(2,3)4)78-64(85)55(44-48-29-18-13-19-30-48)75-60(81)39-26-17-27-43-74-66(87)89-68(5,6)7/h13-16,18-25,29-36,52-59H,11-12,17,26-28,37-47H2,1-10H3,(H,74,87)(H,75,81)(H,76,83)(H,77,86)(H,78,85)(H,79,84)(H,80,82)/t52-,53+,54+,55+,56+,57-,58-,59-,70+/m1/s1. The van der Waals surface area contributed by atoms with E-state index in [1.807, 2.05) is 128 Å². The molecule has 0 radical (unpaired) electrons. The topological polar surface area (TPSA) is 241 Å². The van der Waals surface area contributed by atoms with E-state index in [-0.39, 0.29) is 56.1 Å². The summed E-state index contributed by atoms with van der Waals surface area (Å²) in [6.45, 7) is 19.5. The number of benzene rings is 4. The molecule has 91 heavy (non-hydrogen) atoms. The highest BCUT2D eigenvalue weighted by Gasteiger charge is 2.68. The smallest absolute Gasteiger partial charge is 0.444 e. The van der Waals surface area contributed by atoms with Crippen molar-refractivity contribution in [1.82, 2.24) is 37.2 Å². The van der Waals surface area contributed by atoms with Crippen molar-refractivity contribution in [2.45, 2.75) is 218 Å². The van der Waals surface area contributed by atoms with E-state index >= 15 is 9.59 Å². The van der Waals surface area contributed by atoms with Crippen molar-refractivity contribution in [3.05, 3.63) is 144 Å². The molecule has 1 aliphatic heterocycles. The first kappa shape index (κ1) is 71.8. The molecule has 20 heteroatoms. The van der Waals surface area contributed by atoms with Gasteiger partial charge in [0.15, 0.2) is 0 Å². The second-order valence-corrected chi connectivity index (χ2v) is 28.3. The molecule has 4 aromatic carbocycles. The van der Waals surface area contributed by atoms with Crippen LogP contribution in [0.5, 0.6) is 0 Å². The second kappa shape index (κ2) is 32.8. The number of alkyl halides is 1. The maximum Gasteiger partial charge on any atom is 0.481 e. The number of ether oxygens (including phenoxy) is 2. The quantitative estimate of drug-likeness (QED) is 0.0102. The van der Waals surface area contributed by atoms with Crippen LogP contribution in [0.25, 0.3) is 0 Å². The van der Waals surface area contributed by atoms with Gasteiger partial charge in [-0.3, -0.25) is 28.8 Å². The summed E-state index contributed by atoms with van der Waals surface area (Å²) in [5, 5.41) is 21.7. The minimum atomic E-state index is -1.44. The van der Waals surface area contributed by atoms with Gasteiger partial charge in [0.2, 0.25) is 35.4 Å². The van der Waals surface area contributed by atoms with Crippen molar-refractivity contribution in [2.75, 3.05) is 18.5 Å². The van der Waals surface area contributed by atoms with Crippen LogP contribution in [0.4, 0.5) is 4.79 Å². The summed E-state index contributed by atoms with van der Waals surface area (Å²) in [6.07, 6.45) is 5.44. The van der Waals surface area contributed by atoms with Crippen LogP contribution >= 0.6 is 15.9 Å². The van der Waals surface area contributed by atoms with Crippen molar-refractivity contribution in [2.24, 2.45) is 17.3 Å². The molecule has 0 aromatic heterocycles. The van der Waals surface area contributed by atoms with E-state index in [1.165, 1.54) is 0 Å². The number of halogens is 1. The van der Waals surface area contributed by atoms with Gasteiger partial charge < -0.3 is 56.0 Å². The van der Waals surface area contributed by atoms with Crippen LogP contribution in [-0.4, -0.2) is 120 Å². The van der Waals surface area contributed by atoms with Gasteiger partial charge in [-0.2, -0.15) is 0 Å². The van der Waals surface area contributed by atoms with Gasteiger partial charge in [-0.25, -0.2) is 4.79 Å². The fraction of sp³-hybridized carbons (Fsp3) is 0.563. The Bertz CT molecular complexity index is 2930. The van der Waals surface area contributed by atoms with E-state index in [9.17, 15) is 24.0 Å². The summed E-state index contributed by atoms with van der Waals surface area (Å²) in [6, 6.07) is 33.0. The summed E-state index contributed by atoms with van der Waals surface area (Å²) in [5.41, 5.74) is 0.0706. The highest BCUT2D eigenvalue weighted by Crippen LogP contribution is 2.66. The monoisotopic (exact) mass is 1320 g/mol. The highest BCUT2D eigenvalue weighted by atomic mass is 79.9. The molecule has 0 spiro atoms. The molecule has 4 aliphatic rings. The molecule has 0 unspecified atom stereocenters. The molecule has 494 valence electrons. The highest BCUT2D eigenvalue weighted by molar-refractivity contribution is 9.09. The predicted molar refractivity (Wildman–Crippen MR) is 357 cm³/mol. The molecule has 2 bridgehead atoms. The number of unbranched alkanes of at least 4 members (excludes halogenated alkanes) is 3. The Morgan fingerprint density at radius 2 is 1.13 bits per heavy atom. The fourth-order valence-electron chi connectivity index (χ4n) is 13.0. The number of nitrogens with one attached hydrogen (secondary N) is 7. The molecule has 8 rings (SSSR count). The van der Waals surface area contributed by atoms with E-state index in [1.54, 1.807) is 41.5 Å². The van der Waals surface area contributed by atoms with E-state index < -0.39 is 95.2 Å². The Kier molecular flexibility index (Phi) is 25.9. The summed E-state index contributed by atoms with van der Waals surface area (Å²) in [5.74, 6) is -3.18. The van der Waals surface area contributed by atoms with Crippen molar-refractivity contribution < 1.29 is 52.3 Å². The number of carbonyl (C=O) groups excluding carboxylic acids is 7. The summed E-state index contributed by atoms with van der Waals surface area (Å²) in [7, 11) is -0.717. The maximum atomic E-state index is 15.3. The molecule has 7 N–H and O–H groups in total. The van der Waals surface area contributed by atoms with Crippen molar-refractivity contribution in [3.8, 4) is 0 Å². The average Bonchev–Trinajstić information content (AvgIpc) is 1.66. The van der Waals surface area contributed by atoms with Gasteiger partial charge in [-0.05, 0) is 139 Å². The lowest BCUT2D eigenvalue weighted by Crippen LogP contribution is -2.65. The van der Waals surface area contributed by atoms with Crippen molar-refractivity contribution in [1.29, 1.82) is 0 Å². The van der Waals surface area contributed by atoms with Gasteiger partial charge in [-0.1, -0.05) is 177 Å². The second-order valence-electron chi connectivity index (χ2n) is 27.5. The van der Waals surface area contributed by atoms with E-state index in [2.05, 4.69) is 73.9 Å². The molecule has 3 saturated carbocycles. The van der Waals surface area contributed by atoms with Gasteiger partial charge in [-0.15, -0.1) is 0 Å². The molecule has 18 nitrogen and oxygen atoms in total. The number of hydrogen-bond acceptors (Lipinski definition) is 11. The Balaban J connectivity index is 1.15. The van der Waals surface area contributed by atoms with Crippen LogP contribution in [0.2, 0.25) is 0 Å². The SMILES string of the molecule is CCCC[C@H](NC(=O)[C@H](CCC(=O)NC(c1ccccc1)(c1ccccc1)c1ccccc1)NC(=O)[C@H](COC(C)(C)C)NC(=O)[C@H](Cc1ccccc1)NC(=O)CCCCCNC(=O)OC(C)(C)C)C(=O)N[C@H](CCCBr)B1O[C@@H]2C[C@H]3C[C@H](C3(C)C)[C@]2(C)O1. The van der Waals surface area contributed by atoms with Crippen LogP contribution in [0, 0.1) is 17.3 Å². The third-order valence-corrected chi connectivity index (χ3v) is 18.6. The van der Waals surface area contributed by atoms with Crippen LogP contribution < -0.4 is 37.2 Å². The van der Waals surface area contributed by atoms with E-state index in [4.69, 9.17) is 18.8 Å². The molecule has 3 aliphatic carbocycles. The Labute approximate surface area is 548 Å². The van der Waals surface area contributed by atoms with Gasteiger partial charge in [0.05, 0.1) is 29.9 Å². The van der Waals surface area contributed by atoms with Crippen molar-refractivity contribution in [3.63, 3.8) is 0 Å². The zero-order valence-corrected chi connectivity index (χ0v) is 56.7. The third-order valence-electron chi connectivity index (χ3n) is 18.0. The summed E-state index contributed by atoms with van der Waals surface area (Å²) >= 11 is 3.58. The zero-order chi connectivity index (χ0) is 66.0. The summed E-state index contributed by atoms with van der Waals surface area (Å²) < 4.78 is 25.1. The number of carbonyl (C=O) groups is 7. The molecule has 4 fully saturated rings. The first-order valence-electron chi connectivity index (χ1n) is 32.8. The molecule has 4 aromatic rings. The number of rotatable bonds is 33. The van der Waals surface area contributed by atoms with E-state index in [0.29, 0.717) is 68.7 Å². The zero-order valence-electron chi connectivity index (χ0n) is 55.1. The molecule has 1 heterocycles. The predicted octanol–water partition coefficient (Wildman–Crippen LogP) is 10.1. The van der Waals surface area contributed by atoms with Gasteiger partial charge >= 0.3 is 13.2 Å². The number of alkyl carbamates (subject to hydrolysis) is 1. The van der Waals surface area contributed by atoms with Crippen LogP contribution in [0.3, 0.4) is 0 Å². The van der Waals surface area contributed by atoms with Crippen LogP contribution in [-0.2, 0) is 59.5 Å². The Morgan fingerprint density at radius 3 is 1.68 bits per heavy atom. The third kappa shape index (κ3) is 20.0. The first-order chi connectivity index (χ1) is 43.3. The molecular formula is C71H99BBrN7O11. The van der Waals surface area contributed by atoms with Crippen LogP contribution in [0.1, 0.15) is 175 Å². The first-order valence-corrected chi connectivity index (χ1v) is 33.9. The average molecular weight is 1320 g/mol. The van der Waals surface area contributed by atoms with Gasteiger partial charge in [0, 0.05) is 31.1 Å².